The molecule has 1 atom stereocenters. The number of allylic oxidation sites excluding steroid dienone is 2. The molecule has 18 heavy (non-hydrogen) atoms. The second-order valence-corrected chi connectivity index (χ2v) is 5.55. The lowest BCUT2D eigenvalue weighted by Crippen LogP contribution is -2.36. The lowest BCUT2D eigenvalue weighted by atomic mass is 10.1. The second kappa shape index (κ2) is 7.63. The number of nitrogens with zero attached hydrogens (tertiary/aromatic N) is 1. The monoisotopic (exact) mass is 358 g/mol. The molecule has 3 rings (SSSR count). The molecule has 1 unspecified atom stereocenters. The van der Waals surface area contributed by atoms with Crippen molar-refractivity contribution in [3.63, 3.8) is 0 Å². The molecule has 3 heterocycles. The number of H-pyrrole nitrogens is 1. The minimum Gasteiger partial charge on any atom is -0.368 e. The first kappa shape index (κ1) is 13.7. The highest BCUT2D eigenvalue weighted by Crippen LogP contribution is 2.21. The van der Waals surface area contributed by atoms with Crippen molar-refractivity contribution in [1.29, 1.82) is 0 Å². The predicted molar refractivity (Wildman–Crippen MR) is 82.3 cm³/mol. The third kappa shape index (κ3) is 4.49. The van der Waals surface area contributed by atoms with Crippen LogP contribution in [-0.2, 0) is 4.74 Å². The first-order valence-corrected chi connectivity index (χ1v) is 7.43. The summed E-state index contributed by atoms with van der Waals surface area (Å²) in [6, 6.07) is 3.89. The lowest BCUT2D eigenvalue weighted by molar-refractivity contribution is -0.0618. The van der Waals surface area contributed by atoms with Crippen LogP contribution < -0.4 is 0 Å². The van der Waals surface area contributed by atoms with E-state index in [1.165, 1.54) is 22.8 Å². The van der Waals surface area contributed by atoms with Crippen LogP contribution in [0.5, 0.6) is 0 Å². The number of nitrogens with one attached hydrogen (secondary N) is 1. The Morgan fingerprint density at radius 3 is 2.61 bits per heavy atom. The zero-order valence-electron chi connectivity index (χ0n) is 10.4. The normalized spacial score (nSPS) is 23.1. The Hall–Kier alpha value is -0.750. The molecule has 0 radical (unpaired) electrons. The van der Waals surface area contributed by atoms with E-state index in [4.69, 9.17) is 4.74 Å². The minimum atomic E-state index is 0.325. The van der Waals surface area contributed by atoms with Gasteiger partial charge in [0, 0.05) is 35.3 Å². The molecule has 0 aliphatic carbocycles. The standard InChI is InChI=1S/C10H14INO.C4H5N/c11-9-4-6-12(7-5-9)10-3-1-2-8-13-10;1-2-4-5-3-1/h4-6,10H,1-3,7-8H2;1-5H. The topological polar surface area (TPSA) is 28.3 Å². The van der Waals surface area contributed by atoms with Gasteiger partial charge in [0.05, 0.1) is 0 Å². The van der Waals surface area contributed by atoms with E-state index in [9.17, 15) is 0 Å². The van der Waals surface area contributed by atoms with Crippen LogP contribution in [0.25, 0.3) is 0 Å². The molecule has 0 saturated carbocycles. The smallest absolute Gasteiger partial charge is 0.129 e. The van der Waals surface area contributed by atoms with E-state index >= 15 is 0 Å². The van der Waals surface area contributed by atoms with Crippen molar-refractivity contribution in [3.8, 4) is 0 Å². The Morgan fingerprint density at radius 2 is 2.11 bits per heavy atom. The van der Waals surface area contributed by atoms with Gasteiger partial charge in [-0.25, -0.2) is 0 Å². The maximum Gasteiger partial charge on any atom is 0.129 e. The molecule has 3 nitrogen and oxygen atoms in total. The molecule has 4 heteroatoms. The van der Waals surface area contributed by atoms with Gasteiger partial charge in [-0.2, -0.15) is 0 Å². The van der Waals surface area contributed by atoms with E-state index in [0.717, 1.165) is 13.2 Å². The molecule has 1 aromatic heterocycles. The molecule has 0 aromatic carbocycles. The molecule has 2 aliphatic heterocycles. The van der Waals surface area contributed by atoms with E-state index in [1.54, 1.807) is 0 Å². The van der Waals surface area contributed by atoms with Crippen LogP contribution in [0.3, 0.4) is 0 Å². The average molecular weight is 358 g/mol. The first-order valence-electron chi connectivity index (χ1n) is 6.35. The number of aromatic nitrogens is 1. The van der Waals surface area contributed by atoms with Gasteiger partial charge in [-0.3, -0.25) is 0 Å². The average Bonchev–Trinajstić information content (AvgIpc) is 3.00. The molecule has 1 aromatic rings. The highest BCUT2D eigenvalue weighted by Gasteiger charge is 2.19. The molecule has 1 saturated heterocycles. The number of rotatable bonds is 1. The number of halogens is 1. The van der Waals surface area contributed by atoms with Crippen molar-refractivity contribution >= 4 is 22.6 Å². The third-order valence-electron chi connectivity index (χ3n) is 2.94. The number of ether oxygens (including phenoxy) is 1. The van der Waals surface area contributed by atoms with Gasteiger partial charge in [-0.15, -0.1) is 0 Å². The molecule has 1 fully saturated rings. The first-order chi connectivity index (χ1) is 8.86. The van der Waals surface area contributed by atoms with Gasteiger partial charge in [-0.05, 0) is 60.1 Å². The highest BCUT2D eigenvalue weighted by atomic mass is 127. The van der Waals surface area contributed by atoms with Gasteiger partial charge in [0.25, 0.3) is 0 Å². The lowest BCUT2D eigenvalue weighted by Gasteiger charge is -2.33. The molecular weight excluding hydrogens is 339 g/mol. The summed E-state index contributed by atoms with van der Waals surface area (Å²) in [6.45, 7) is 1.93. The molecule has 98 valence electrons. The van der Waals surface area contributed by atoms with Crippen LogP contribution in [0.1, 0.15) is 19.3 Å². The largest absolute Gasteiger partial charge is 0.368 e. The molecule has 1 N–H and O–H groups in total. The fourth-order valence-electron chi connectivity index (χ4n) is 1.97. The zero-order chi connectivity index (χ0) is 12.6. The van der Waals surface area contributed by atoms with Crippen LogP contribution in [0.15, 0.2) is 46.5 Å². The van der Waals surface area contributed by atoms with Crippen molar-refractivity contribution < 1.29 is 4.74 Å². The molecular formula is C14H19IN2O. The summed E-state index contributed by atoms with van der Waals surface area (Å²) in [5, 5.41) is 0. The van der Waals surface area contributed by atoms with Crippen molar-refractivity contribution in [1.82, 2.24) is 9.88 Å². The van der Waals surface area contributed by atoms with Crippen LogP contribution in [0, 0.1) is 0 Å². The van der Waals surface area contributed by atoms with E-state index in [0.29, 0.717) is 6.23 Å². The molecule has 0 spiro atoms. The summed E-state index contributed by atoms with van der Waals surface area (Å²) >= 11 is 2.34. The van der Waals surface area contributed by atoms with E-state index in [-0.39, 0.29) is 0 Å². The number of hydrogen-bond donors (Lipinski definition) is 1. The van der Waals surface area contributed by atoms with E-state index < -0.39 is 0 Å². The van der Waals surface area contributed by atoms with Gasteiger partial charge in [-0.1, -0.05) is 6.08 Å². The second-order valence-electron chi connectivity index (χ2n) is 4.31. The van der Waals surface area contributed by atoms with Crippen LogP contribution >= 0.6 is 22.6 Å². The highest BCUT2D eigenvalue weighted by molar-refractivity contribution is 14.1. The van der Waals surface area contributed by atoms with Gasteiger partial charge >= 0.3 is 0 Å². The Labute approximate surface area is 122 Å². The van der Waals surface area contributed by atoms with Crippen LogP contribution in [0.2, 0.25) is 0 Å². The van der Waals surface area contributed by atoms with Crippen molar-refractivity contribution in [2.45, 2.75) is 25.5 Å². The SMILES string of the molecule is IC1=CCN(C2CCCCO2)C=C1.c1cc[nH]c1. The summed E-state index contributed by atoms with van der Waals surface area (Å²) in [7, 11) is 0. The summed E-state index contributed by atoms with van der Waals surface area (Å²) in [6.07, 6.45) is 14.3. The third-order valence-corrected chi connectivity index (χ3v) is 3.74. The van der Waals surface area contributed by atoms with Crippen LogP contribution in [0.4, 0.5) is 0 Å². The summed E-state index contributed by atoms with van der Waals surface area (Å²) < 4.78 is 7.02. The Morgan fingerprint density at radius 1 is 1.28 bits per heavy atom. The summed E-state index contributed by atoms with van der Waals surface area (Å²) in [4.78, 5) is 5.14. The Bertz CT molecular complexity index is 363. The van der Waals surface area contributed by atoms with Gasteiger partial charge in [0.1, 0.15) is 6.23 Å². The summed E-state index contributed by atoms with van der Waals surface area (Å²) in [5.74, 6) is 0. The number of aromatic amines is 1. The van der Waals surface area contributed by atoms with Crippen molar-refractivity contribution in [3.05, 3.63) is 46.5 Å². The van der Waals surface area contributed by atoms with Gasteiger partial charge in [0.15, 0.2) is 0 Å². The summed E-state index contributed by atoms with van der Waals surface area (Å²) in [5.41, 5.74) is 0. The number of hydrogen-bond acceptors (Lipinski definition) is 2. The van der Waals surface area contributed by atoms with E-state index in [2.05, 4.69) is 50.8 Å². The van der Waals surface area contributed by atoms with E-state index in [1.807, 2.05) is 24.5 Å². The Kier molecular flexibility index (Phi) is 5.80. The van der Waals surface area contributed by atoms with Crippen LogP contribution in [-0.4, -0.2) is 29.3 Å². The zero-order valence-corrected chi connectivity index (χ0v) is 12.5. The maximum absolute atomic E-state index is 5.70. The molecule has 2 aliphatic rings. The quantitative estimate of drug-likeness (QED) is 0.776. The fourth-order valence-corrected chi connectivity index (χ4v) is 2.32. The van der Waals surface area contributed by atoms with Gasteiger partial charge < -0.3 is 14.6 Å². The molecule has 0 amide bonds. The van der Waals surface area contributed by atoms with Crippen molar-refractivity contribution in [2.24, 2.45) is 0 Å². The van der Waals surface area contributed by atoms with Gasteiger partial charge in [0.2, 0.25) is 0 Å². The molecule has 0 bridgehead atoms. The van der Waals surface area contributed by atoms with Crippen molar-refractivity contribution in [2.75, 3.05) is 13.2 Å². The maximum atomic E-state index is 5.70. The minimum absolute atomic E-state index is 0.325. The Balaban J connectivity index is 0.000000202. The predicted octanol–water partition coefficient (Wildman–Crippen LogP) is 3.68. The fraction of sp³-hybridized carbons (Fsp3) is 0.429.